The van der Waals surface area contributed by atoms with Gasteiger partial charge >= 0.3 is 0 Å². The number of nitrogens with one attached hydrogen (secondary N) is 1. The zero-order valence-corrected chi connectivity index (χ0v) is 10.6. The van der Waals surface area contributed by atoms with Gasteiger partial charge in [0.2, 0.25) is 0 Å². The summed E-state index contributed by atoms with van der Waals surface area (Å²) in [6.45, 7) is 3.19. The molecule has 0 amide bonds. The van der Waals surface area contributed by atoms with E-state index < -0.39 is 0 Å². The SMILES string of the molecule is Cc1ccccc1-c1cncc(C2CCCN2)n1. The van der Waals surface area contributed by atoms with Gasteiger partial charge in [0, 0.05) is 5.56 Å². The van der Waals surface area contributed by atoms with E-state index >= 15 is 0 Å². The molecule has 3 nitrogen and oxygen atoms in total. The third kappa shape index (κ3) is 2.14. The Morgan fingerprint density at radius 2 is 2.11 bits per heavy atom. The molecule has 3 rings (SSSR count). The van der Waals surface area contributed by atoms with Crippen molar-refractivity contribution in [2.24, 2.45) is 0 Å². The number of benzene rings is 1. The van der Waals surface area contributed by atoms with Crippen LogP contribution in [0.15, 0.2) is 36.7 Å². The first-order valence-electron chi connectivity index (χ1n) is 6.46. The predicted octanol–water partition coefficient (Wildman–Crippen LogP) is 2.88. The molecule has 3 heteroatoms. The topological polar surface area (TPSA) is 37.8 Å². The van der Waals surface area contributed by atoms with Crippen molar-refractivity contribution in [1.82, 2.24) is 15.3 Å². The van der Waals surface area contributed by atoms with Crippen LogP contribution in [-0.2, 0) is 0 Å². The standard InChI is InChI=1S/C15H17N3/c1-11-5-2-3-6-12(11)14-9-16-10-15(18-14)13-7-4-8-17-13/h2-3,5-6,9-10,13,17H,4,7-8H2,1H3. The molecule has 1 aromatic carbocycles. The molecule has 1 aliphatic heterocycles. The minimum atomic E-state index is 0.376. The number of aryl methyl sites for hydroxylation is 1. The summed E-state index contributed by atoms with van der Waals surface area (Å²) < 4.78 is 0. The predicted molar refractivity (Wildman–Crippen MR) is 72.2 cm³/mol. The number of hydrogen-bond donors (Lipinski definition) is 1. The van der Waals surface area contributed by atoms with E-state index in [0.29, 0.717) is 6.04 Å². The lowest BCUT2D eigenvalue weighted by molar-refractivity contribution is 0.625. The molecule has 1 aromatic heterocycles. The first kappa shape index (κ1) is 11.4. The average Bonchev–Trinajstić information content (AvgIpc) is 2.93. The van der Waals surface area contributed by atoms with Crippen LogP contribution in [0.2, 0.25) is 0 Å². The molecule has 2 heterocycles. The molecule has 0 spiro atoms. The highest BCUT2D eigenvalue weighted by molar-refractivity contribution is 5.62. The lowest BCUT2D eigenvalue weighted by atomic mass is 10.1. The maximum absolute atomic E-state index is 4.76. The number of rotatable bonds is 2. The Hall–Kier alpha value is -1.74. The molecule has 0 aliphatic carbocycles. The summed E-state index contributed by atoms with van der Waals surface area (Å²) in [7, 11) is 0. The monoisotopic (exact) mass is 239 g/mol. The molecule has 1 saturated heterocycles. The first-order valence-corrected chi connectivity index (χ1v) is 6.46. The average molecular weight is 239 g/mol. The second-order valence-corrected chi connectivity index (χ2v) is 4.79. The van der Waals surface area contributed by atoms with Crippen LogP contribution >= 0.6 is 0 Å². The summed E-state index contributed by atoms with van der Waals surface area (Å²) in [4.78, 5) is 9.11. The summed E-state index contributed by atoms with van der Waals surface area (Å²) in [6.07, 6.45) is 6.11. The Bertz CT molecular complexity index is 545. The molecule has 1 N–H and O–H groups in total. The Kier molecular flexibility index (Phi) is 3.07. The van der Waals surface area contributed by atoms with E-state index in [-0.39, 0.29) is 0 Å². The molecule has 2 aromatic rings. The normalized spacial score (nSPS) is 19.1. The van der Waals surface area contributed by atoms with Crippen molar-refractivity contribution in [1.29, 1.82) is 0 Å². The van der Waals surface area contributed by atoms with Gasteiger partial charge in [-0.25, -0.2) is 4.98 Å². The van der Waals surface area contributed by atoms with Crippen molar-refractivity contribution in [3.8, 4) is 11.3 Å². The minimum absolute atomic E-state index is 0.376. The van der Waals surface area contributed by atoms with Crippen molar-refractivity contribution < 1.29 is 0 Å². The number of aromatic nitrogens is 2. The molecule has 1 aliphatic rings. The molecular weight excluding hydrogens is 222 g/mol. The van der Waals surface area contributed by atoms with Crippen LogP contribution < -0.4 is 5.32 Å². The Morgan fingerprint density at radius 1 is 1.22 bits per heavy atom. The van der Waals surface area contributed by atoms with Crippen molar-refractivity contribution in [2.75, 3.05) is 6.54 Å². The van der Waals surface area contributed by atoms with Gasteiger partial charge in [-0.3, -0.25) is 4.98 Å². The molecule has 92 valence electrons. The van der Waals surface area contributed by atoms with Crippen LogP contribution in [0, 0.1) is 6.92 Å². The lowest BCUT2D eigenvalue weighted by Crippen LogP contribution is -2.14. The van der Waals surface area contributed by atoms with Gasteiger partial charge in [-0.2, -0.15) is 0 Å². The Morgan fingerprint density at radius 3 is 2.89 bits per heavy atom. The van der Waals surface area contributed by atoms with Crippen LogP contribution in [-0.4, -0.2) is 16.5 Å². The summed E-state index contributed by atoms with van der Waals surface area (Å²) in [6, 6.07) is 8.68. The van der Waals surface area contributed by atoms with Gasteiger partial charge in [0.05, 0.1) is 29.8 Å². The summed E-state index contributed by atoms with van der Waals surface area (Å²) in [5.41, 5.74) is 4.45. The highest BCUT2D eigenvalue weighted by Crippen LogP contribution is 2.25. The van der Waals surface area contributed by atoms with Gasteiger partial charge in [0.25, 0.3) is 0 Å². The van der Waals surface area contributed by atoms with E-state index in [0.717, 1.165) is 24.4 Å². The van der Waals surface area contributed by atoms with Crippen LogP contribution in [0.1, 0.15) is 30.1 Å². The van der Waals surface area contributed by atoms with Gasteiger partial charge in [0.1, 0.15) is 0 Å². The highest BCUT2D eigenvalue weighted by Gasteiger charge is 2.18. The summed E-state index contributed by atoms with van der Waals surface area (Å²) in [5, 5.41) is 3.46. The molecule has 0 bridgehead atoms. The second-order valence-electron chi connectivity index (χ2n) is 4.79. The zero-order valence-electron chi connectivity index (χ0n) is 10.6. The largest absolute Gasteiger partial charge is 0.309 e. The van der Waals surface area contributed by atoms with Crippen LogP contribution in [0.3, 0.4) is 0 Å². The molecular formula is C15H17N3. The molecule has 1 unspecified atom stereocenters. The third-order valence-electron chi connectivity index (χ3n) is 3.49. The van der Waals surface area contributed by atoms with Gasteiger partial charge in [-0.1, -0.05) is 24.3 Å². The molecule has 1 atom stereocenters. The number of nitrogens with zero attached hydrogens (tertiary/aromatic N) is 2. The minimum Gasteiger partial charge on any atom is -0.309 e. The molecule has 1 fully saturated rings. The highest BCUT2D eigenvalue weighted by atomic mass is 15.0. The number of hydrogen-bond acceptors (Lipinski definition) is 3. The fourth-order valence-electron chi connectivity index (χ4n) is 2.48. The molecule has 0 saturated carbocycles. The smallest absolute Gasteiger partial charge is 0.0891 e. The van der Waals surface area contributed by atoms with E-state index in [1.807, 2.05) is 18.5 Å². The summed E-state index contributed by atoms with van der Waals surface area (Å²) in [5.74, 6) is 0. The van der Waals surface area contributed by atoms with Gasteiger partial charge in [-0.05, 0) is 31.9 Å². The van der Waals surface area contributed by atoms with Crippen molar-refractivity contribution in [2.45, 2.75) is 25.8 Å². The quantitative estimate of drug-likeness (QED) is 0.875. The van der Waals surface area contributed by atoms with Crippen LogP contribution in [0.25, 0.3) is 11.3 Å². The van der Waals surface area contributed by atoms with E-state index in [9.17, 15) is 0 Å². The first-order chi connectivity index (χ1) is 8.84. The zero-order chi connectivity index (χ0) is 12.4. The fraction of sp³-hybridized carbons (Fsp3) is 0.333. The van der Waals surface area contributed by atoms with Crippen molar-refractivity contribution in [3.05, 3.63) is 47.9 Å². The second kappa shape index (κ2) is 4.86. The Labute approximate surface area is 107 Å². The Balaban J connectivity index is 1.98. The van der Waals surface area contributed by atoms with E-state index in [1.54, 1.807) is 0 Å². The van der Waals surface area contributed by atoms with Crippen LogP contribution in [0.4, 0.5) is 0 Å². The van der Waals surface area contributed by atoms with E-state index in [2.05, 4.69) is 35.4 Å². The molecule has 0 radical (unpaired) electrons. The lowest BCUT2D eigenvalue weighted by Gasteiger charge is -2.11. The summed E-state index contributed by atoms with van der Waals surface area (Å²) >= 11 is 0. The van der Waals surface area contributed by atoms with Gasteiger partial charge in [-0.15, -0.1) is 0 Å². The van der Waals surface area contributed by atoms with E-state index in [1.165, 1.54) is 17.5 Å². The van der Waals surface area contributed by atoms with E-state index in [4.69, 9.17) is 4.98 Å². The maximum Gasteiger partial charge on any atom is 0.0891 e. The fourth-order valence-corrected chi connectivity index (χ4v) is 2.48. The van der Waals surface area contributed by atoms with Crippen LogP contribution in [0.5, 0.6) is 0 Å². The van der Waals surface area contributed by atoms with Crippen molar-refractivity contribution >= 4 is 0 Å². The third-order valence-corrected chi connectivity index (χ3v) is 3.49. The molecule has 18 heavy (non-hydrogen) atoms. The van der Waals surface area contributed by atoms with Gasteiger partial charge in [0.15, 0.2) is 0 Å². The van der Waals surface area contributed by atoms with Gasteiger partial charge < -0.3 is 5.32 Å². The van der Waals surface area contributed by atoms with Crippen molar-refractivity contribution in [3.63, 3.8) is 0 Å². The maximum atomic E-state index is 4.76.